The van der Waals surface area contributed by atoms with Crippen molar-refractivity contribution in [1.82, 2.24) is 9.62 Å². The standard InChI is InChI=1S/C21H24N2O5S/c1-14-8-9-17(12-15(14)2)29(26,27)23-18(10-11-20(23)24)21(25)22-13-16-6-4-5-7-19(16)28-3/h4-9,12,18H,10-11,13H2,1-3H3,(H,22,25). The largest absolute Gasteiger partial charge is 0.496 e. The van der Waals surface area contributed by atoms with E-state index < -0.39 is 27.9 Å². The number of sulfonamides is 1. The predicted octanol–water partition coefficient (Wildman–Crippen LogP) is 2.31. The van der Waals surface area contributed by atoms with Gasteiger partial charge in [-0.1, -0.05) is 24.3 Å². The van der Waals surface area contributed by atoms with Gasteiger partial charge in [-0.2, -0.15) is 0 Å². The lowest BCUT2D eigenvalue weighted by atomic mass is 10.1. The van der Waals surface area contributed by atoms with Gasteiger partial charge in [0, 0.05) is 18.5 Å². The van der Waals surface area contributed by atoms with Crippen LogP contribution in [0.3, 0.4) is 0 Å². The lowest BCUT2D eigenvalue weighted by Gasteiger charge is -2.24. The molecular weight excluding hydrogens is 392 g/mol. The van der Waals surface area contributed by atoms with Gasteiger partial charge in [0.15, 0.2) is 0 Å². The molecule has 0 bridgehead atoms. The van der Waals surface area contributed by atoms with Crippen LogP contribution in [0.2, 0.25) is 0 Å². The minimum atomic E-state index is -4.12. The lowest BCUT2D eigenvalue weighted by molar-refractivity contribution is -0.130. The number of ether oxygens (including phenoxy) is 1. The van der Waals surface area contributed by atoms with Crippen LogP contribution in [0.15, 0.2) is 47.4 Å². The molecular formula is C21H24N2O5S. The smallest absolute Gasteiger partial charge is 0.267 e. The first-order chi connectivity index (χ1) is 13.8. The van der Waals surface area contributed by atoms with Crippen molar-refractivity contribution in [2.75, 3.05) is 7.11 Å². The summed E-state index contributed by atoms with van der Waals surface area (Å²) in [7, 11) is -2.58. The first kappa shape index (κ1) is 20.9. The van der Waals surface area contributed by atoms with E-state index in [4.69, 9.17) is 4.74 Å². The van der Waals surface area contributed by atoms with Crippen molar-refractivity contribution in [3.8, 4) is 5.75 Å². The Morgan fingerprint density at radius 3 is 2.59 bits per heavy atom. The van der Waals surface area contributed by atoms with Crippen LogP contribution in [0.1, 0.15) is 29.5 Å². The number of benzene rings is 2. The van der Waals surface area contributed by atoms with Crippen LogP contribution >= 0.6 is 0 Å². The normalized spacial score (nSPS) is 16.7. The number of nitrogens with zero attached hydrogens (tertiary/aromatic N) is 1. The molecule has 0 aliphatic carbocycles. The zero-order chi connectivity index (χ0) is 21.2. The van der Waals surface area contributed by atoms with Crippen LogP contribution in [0.4, 0.5) is 0 Å². The molecule has 1 saturated heterocycles. The number of rotatable bonds is 6. The molecule has 1 heterocycles. The van der Waals surface area contributed by atoms with E-state index in [-0.39, 0.29) is 24.3 Å². The third-order valence-electron chi connectivity index (χ3n) is 5.14. The number of para-hydroxylation sites is 1. The lowest BCUT2D eigenvalue weighted by Crippen LogP contribution is -2.47. The molecule has 2 aromatic carbocycles. The van der Waals surface area contributed by atoms with Gasteiger partial charge in [0.25, 0.3) is 10.0 Å². The Labute approximate surface area is 170 Å². The third-order valence-corrected chi connectivity index (χ3v) is 6.97. The fraction of sp³-hybridized carbons (Fsp3) is 0.333. The van der Waals surface area contributed by atoms with Crippen LogP contribution in [0.25, 0.3) is 0 Å². The quantitative estimate of drug-likeness (QED) is 0.780. The zero-order valence-corrected chi connectivity index (χ0v) is 17.5. The van der Waals surface area contributed by atoms with Gasteiger partial charge >= 0.3 is 0 Å². The molecule has 3 rings (SSSR count). The molecule has 1 unspecified atom stereocenters. The van der Waals surface area contributed by atoms with Crippen molar-refractivity contribution >= 4 is 21.8 Å². The second-order valence-corrected chi connectivity index (χ2v) is 8.84. The Kier molecular flexibility index (Phi) is 5.93. The maximum Gasteiger partial charge on any atom is 0.267 e. The van der Waals surface area contributed by atoms with Gasteiger partial charge in [-0.05, 0) is 49.6 Å². The molecule has 0 spiro atoms. The molecule has 2 aromatic rings. The Hall–Kier alpha value is -2.87. The molecule has 0 aromatic heterocycles. The fourth-order valence-corrected chi connectivity index (χ4v) is 5.03. The van der Waals surface area contributed by atoms with Gasteiger partial charge in [0.05, 0.1) is 12.0 Å². The average Bonchev–Trinajstić information content (AvgIpc) is 3.10. The Balaban J connectivity index is 1.82. The minimum absolute atomic E-state index is 0.0107. The van der Waals surface area contributed by atoms with Gasteiger partial charge < -0.3 is 10.1 Å². The van der Waals surface area contributed by atoms with E-state index in [0.717, 1.165) is 21.0 Å². The van der Waals surface area contributed by atoms with Crippen LogP contribution in [-0.2, 0) is 26.2 Å². The van der Waals surface area contributed by atoms with Gasteiger partial charge in [-0.15, -0.1) is 0 Å². The summed E-state index contributed by atoms with van der Waals surface area (Å²) < 4.78 is 32.2. The predicted molar refractivity (Wildman–Crippen MR) is 108 cm³/mol. The van der Waals surface area contributed by atoms with Gasteiger partial charge in [0.2, 0.25) is 11.8 Å². The first-order valence-electron chi connectivity index (χ1n) is 9.30. The van der Waals surface area contributed by atoms with Crippen LogP contribution in [0, 0.1) is 13.8 Å². The van der Waals surface area contributed by atoms with Crippen molar-refractivity contribution in [2.45, 2.75) is 44.2 Å². The van der Waals surface area contributed by atoms with E-state index >= 15 is 0 Å². The first-order valence-corrected chi connectivity index (χ1v) is 10.7. The summed E-state index contributed by atoms with van der Waals surface area (Å²) in [6, 6.07) is 10.8. The van der Waals surface area contributed by atoms with E-state index in [1.807, 2.05) is 25.1 Å². The number of nitrogens with one attached hydrogen (secondary N) is 1. The number of hydrogen-bond acceptors (Lipinski definition) is 5. The summed E-state index contributed by atoms with van der Waals surface area (Å²) in [5, 5.41) is 2.73. The van der Waals surface area contributed by atoms with Crippen LogP contribution in [0.5, 0.6) is 5.75 Å². The number of carbonyl (C=O) groups excluding carboxylic acids is 2. The average molecular weight is 416 g/mol. The number of amides is 2. The molecule has 29 heavy (non-hydrogen) atoms. The van der Waals surface area contributed by atoms with Crippen molar-refractivity contribution in [1.29, 1.82) is 0 Å². The molecule has 1 atom stereocenters. The highest BCUT2D eigenvalue weighted by Gasteiger charge is 2.44. The second-order valence-electron chi connectivity index (χ2n) is 7.02. The van der Waals surface area contributed by atoms with Crippen molar-refractivity contribution in [3.05, 3.63) is 59.2 Å². The fourth-order valence-electron chi connectivity index (χ4n) is 3.34. The summed E-state index contributed by atoms with van der Waals surface area (Å²) in [5.41, 5.74) is 2.51. The minimum Gasteiger partial charge on any atom is -0.496 e. The van der Waals surface area contributed by atoms with Crippen LogP contribution < -0.4 is 10.1 Å². The number of carbonyl (C=O) groups is 2. The SMILES string of the molecule is COc1ccccc1CNC(=O)C1CCC(=O)N1S(=O)(=O)c1ccc(C)c(C)c1. The summed E-state index contributed by atoms with van der Waals surface area (Å²) in [4.78, 5) is 25.2. The van der Waals surface area contributed by atoms with Gasteiger partial charge in [-0.3, -0.25) is 9.59 Å². The van der Waals surface area contributed by atoms with Gasteiger partial charge in [-0.25, -0.2) is 12.7 Å². The number of methoxy groups -OCH3 is 1. The molecule has 154 valence electrons. The number of aryl methyl sites for hydroxylation is 2. The highest BCUT2D eigenvalue weighted by molar-refractivity contribution is 7.89. The molecule has 2 amide bonds. The highest BCUT2D eigenvalue weighted by Crippen LogP contribution is 2.28. The van der Waals surface area contributed by atoms with Gasteiger partial charge in [0.1, 0.15) is 11.8 Å². The highest BCUT2D eigenvalue weighted by atomic mass is 32.2. The maximum atomic E-state index is 13.1. The Bertz CT molecular complexity index is 1050. The molecule has 0 saturated carbocycles. The van der Waals surface area contributed by atoms with E-state index in [0.29, 0.717) is 5.75 Å². The van der Waals surface area contributed by atoms with E-state index in [1.165, 1.54) is 19.2 Å². The molecule has 1 aliphatic heterocycles. The van der Waals surface area contributed by atoms with Crippen molar-refractivity contribution in [3.63, 3.8) is 0 Å². The maximum absolute atomic E-state index is 13.1. The van der Waals surface area contributed by atoms with E-state index in [2.05, 4.69) is 5.32 Å². The zero-order valence-electron chi connectivity index (χ0n) is 16.6. The summed E-state index contributed by atoms with van der Waals surface area (Å²) in [6.07, 6.45) is 0.164. The van der Waals surface area contributed by atoms with E-state index in [9.17, 15) is 18.0 Å². The molecule has 1 fully saturated rings. The Morgan fingerprint density at radius 1 is 1.17 bits per heavy atom. The summed E-state index contributed by atoms with van der Waals surface area (Å²) >= 11 is 0. The van der Waals surface area contributed by atoms with Crippen molar-refractivity contribution in [2.24, 2.45) is 0 Å². The molecule has 8 heteroatoms. The molecule has 7 nitrogen and oxygen atoms in total. The third kappa shape index (κ3) is 4.12. The monoisotopic (exact) mass is 416 g/mol. The van der Waals surface area contributed by atoms with E-state index in [1.54, 1.807) is 19.1 Å². The Morgan fingerprint density at radius 2 is 1.90 bits per heavy atom. The molecule has 0 radical (unpaired) electrons. The summed E-state index contributed by atoms with van der Waals surface area (Å²) in [5.74, 6) is -0.454. The molecule has 1 aliphatic rings. The summed E-state index contributed by atoms with van der Waals surface area (Å²) in [6.45, 7) is 3.85. The number of hydrogen-bond donors (Lipinski definition) is 1. The molecule has 1 N–H and O–H groups in total. The van der Waals surface area contributed by atoms with Crippen molar-refractivity contribution < 1.29 is 22.7 Å². The van der Waals surface area contributed by atoms with Crippen LogP contribution in [-0.4, -0.2) is 37.7 Å². The topological polar surface area (TPSA) is 92.8 Å². The second kappa shape index (κ2) is 8.24.